The molecule has 4 nitrogen and oxygen atoms in total. The highest BCUT2D eigenvalue weighted by Gasteiger charge is 2.28. The van der Waals surface area contributed by atoms with Crippen LogP contribution in [0.25, 0.3) is 0 Å². The maximum absolute atomic E-state index is 13.0. The van der Waals surface area contributed by atoms with Gasteiger partial charge in [0.1, 0.15) is 0 Å². The van der Waals surface area contributed by atoms with E-state index in [0.29, 0.717) is 5.56 Å². The van der Waals surface area contributed by atoms with Crippen LogP contribution in [0, 0.1) is 3.57 Å². The Morgan fingerprint density at radius 3 is 2.04 bits per heavy atom. The number of amides is 1. The summed E-state index contributed by atoms with van der Waals surface area (Å²) >= 11 is 3.70. The first-order valence-corrected chi connectivity index (χ1v) is 10.1. The molecule has 0 saturated heterocycles. The van der Waals surface area contributed by atoms with E-state index in [-0.39, 0.29) is 12.5 Å². The monoisotopic (exact) mass is 487 g/mol. The van der Waals surface area contributed by atoms with Crippen molar-refractivity contribution in [1.82, 2.24) is 0 Å². The predicted molar refractivity (Wildman–Crippen MR) is 114 cm³/mol. The molecule has 3 aromatic carbocycles. The van der Waals surface area contributed by atoms with Crippen molar-refractivity contribution in [3.05, 3.63) is 81.9 Å². The highest BCUT2D eigenvalue weighted by Crippen LogP contribution is 2.47. The van der Waals surface area contributed by atoms with Gasteiger partial charge >= 0.3 is 5.97 Å². The van der Waals surface area contributed by atoms with Crippen LogP contribution in [0.5, 0.6) is 0 Å². The van der Waals surface area contributed by atoms with E-state index < -0.39 is 5.97 Å². The molecule has 6 heteroatoms. The van der Waals surface area contributed by atoms with Crippen molar-refractivity contribution in [2.75, 3.05) is 11.5 Å². The van der Waals surface area contributed by atoms with Gasteiger partial charge in [0.15, 0.2) is 6.61 Å². The highest BCUT2D eigenvalue weighted by molar-refractivity contribution is 14.1. The molecule has 4 rings (SSSR count). The average Bonchev–Trinajstić information content (AvgIpc) is 2.70. The summed E-state index contributed by atoms with van der Waals surface area (Å²) in [5.74, 6) is -0.782. The number of hydrogen-bond donors (Lipinski definition) is 0. The van der Waals surface area contributed by atoms with E-state index in [2.05, 4.69) is 22.6 Å². The summed E-state index contributed by atoms with van der Waals surface area (Å²) in [6.07, 6.45) is 0. The van der Waals surface area contributed by atoms with Crippen molar-refractivity contribution in [2.24, 2.45) is 0 Å². The van der Waals surface area contributed by atoms with Crippen LogP contribution >= 0.6 is 34.4 Å². The van der Waals surface area contributed by atoms with Crippen molar-refractivity contribution in [3.63, 3.8) is 0 Å². The number of halogens is 1. The molecule has 0 radical (unpaired) electrons. The first-order chi connectivity index (χ1) is 13.1. The van der Waals surface area contributed by atoms with E-state index >= 15 is 0 Å². The van der Waals surface area contributed by atoms with E-state index in [1.54, 1.807) is 28.8 Å². The predicted octanol–water partition coefficient (Wildman–Crippen LogP) is 5.28. The fourth-order valence-corrected chi connectivity index (χ4v) is 4.54. The maximum atomic E-state index is 13.0. The Morgan fingerprint density at radius 1 is 0.852 bits per heavy atom. The zero-order chi connectivity index (χ0) is 18.8. The number of para-hydroxylation sites is 2. The SMILES string of the molecule is O=C(OCC(=O)N1c2ccccc2Sc2ccccc21)c1ccccc1I. The van der Waals surface area contributed by atoms with E-state index in [1.165, 1.54) is 0 Å². The Morgan fingerprint density at radius 2 is 1.41 bits per heavy atom. The number of rotatable bonds is 3. The Balaban J connectivity index is 1.59. The van der Waals surface area contributed by atoms with Crippen LogP contribution in [0.4, 0.5) is 11.4 Å². The second-order valence-electron chi connectivity index (χ2n) is 5.82. The van der Waals surface area contributed by atoms with Gasteiger partial charge in [-0.3, -0.25) is 9.69 Å². The van der Waals surface area contributed by atoms with Crippen molar-refractivity contribution >= 4 is 57.6 Å². The average molecular weight is 487 g/mol. The fourth-order valence-electron chi connectivity index (χ4n) is 2.87. The van der Waals surface area contributed by atoms with Crippen LogP contribution in [-0.4, -0.2) is 18.5 Å². The number of carbonyl (C=O) groups is 2. The molecule has 0 spiro atoms. The standard InChI is InChI=1S/C21H14INO3S/c22-15-8-2-1-7-14(15)21(25)26-13-20(24)23-16-9-3-5-11-18(16)27-19-12-6-4-10-17(19)23/h1-12H,13H2. The van der Waals surface area contributed by atoms with Crippen LogP contribution in [0.15, 0.2) is 82.6 Å². The molecular formula is C21H14INO3S. The number of fused-ring (bicyclic) bond motifs is 2. The molecule has 3 aromatic rings. The second kappa shape index (κ2) is 7.74. The van der Waals surface area contributed by atoms with Gasteiger partial charge in [0.2, 0.25) is 0 Å². The van der Waals surface area contributed by atoms with Gasteiger partial charge in [-0.2, -0.15) is 0 Å². The third-order valence-electron chi connectivity index (χ3n) is 4.10. The first kappa shape index (κ1) is 18.1. The van der Waals surface area contributed by atoms with Gasteiger partial charge in [0.25, 0.3) is 5.91 Å². The molecule has 1 heterocycles. The topological polar surface area (TPSA) is 46.6 Å². The van der Waals surface area contributed by atoms with Crippen molar-refractivity contribution in [1.29, 1.82) is 0 Å². The lowest BCUT2D eigenvalue weighted by atomic mass is 10.2. The third-order valence-corrected chi connectivity index (χ3v) is 6.17. The fraction of sp³-hybridized carbons (Fsp3) is 0.0476. The summed E-state index contributed by atoms with van der Waals surface area (Å²) in [5.41, 5.74) is 2.06. The second-order valence-corrected chi connectivity index (χ2v) is 8.07. The molecule has 0 bridgehead atoms. The summed E-state index contributed by atoms with van der Waals surface area (Å²) < 4.78 is 6.10. The normalized spacial score (nSPS) is 12.1. The Bertz CT molecular complexity index is 992. The molecular weight excluding hydrogens is 473 g/mol. The Kier molecular flexibility index (Phi) is 5.18. The van der Waals surface area contributed by atoms with Crippen LogP contribution in [0.3, 0.4) is 0 Å². The molecule has 0 N–H and O–H groups in total. The lowest BCUT2D eigenvalue weighted by Crippen LogP contribution is -2.32. The van der Waals surface area contributed by atoms with Crippen LogP contribution in [-0.2, 0) is 9.53 Å². The molecule has 1 amide bonds. The van der Waals surface area contributed by atoms with Gasteiger partial charge in [0, 0.05) is 13.4 Å². The van der Waals surface area contributed by atoms with Crippen LogP contribution < -0.4 is 4.90 Å². The lowest BCUT2D eigenvalue weighted by Gasteiger charge is -2.30. The van der Waals surface area contributed by atoms with E-state index in [4.69, 9.17) is 4.74 Å². The number of benzene rings is 3. The summed E-state index contributed by atoms with van der Waals surface area (Å²) in [5, 5.41) is 0. The molecule has 0 atom stereocenters. The van der Waals surface area contributed by atoms with Crippen molar-refractivity contribution in [3.8, 4) is 0 Å². The summed E-state index contributed by atoms with van der Waals surface area (Å²) in [6, 6.07) is 22.6. The highest BCUT2D eigenvalue weighted by atomic mass is 127. The van der Waals surface area contributed by atoms with Gasteiger partial charge < -0.3 is 4.74 Å². The maximum Gasteiger partial charge on any atom is 0.339 e. The molecule has 0 saturated carbocycles. The molecule has 0 unspecified atom stereocenters. The zero-order valence-electron chi connectivity index (χ0n) is 14.1. The summed E-state index contributed by atoms with van der Waals surface area (Å²) in [6.45, 7) is -0.322. The van der Waals surface area contributed by atoms with E-state index in [0.717, 1.165) is 24.7 Å². The van der Waals surface area contributed by atoms with E-state index in [1.807, 2.05) is 60.7 Å². The van der Waals surface area contributed by atoms with Gasteiger partial charge in [-0.25, -0.2) is 4.79 Å². The minimum absolute atomic E-state index is 0.283. The van der Waals surface area contributed by atoms with E-state index in [9.17, 15) is 9.59 Å². The number of esters is 1. The Labute approximate surface area is 174 Å². The molecule has 0 fully saturated rings. The van der Waals surface area contributed by atoms with Gasteiger partial charge in [-0.15, -0.1) is 0 Å². The number of carbonyl (C=O) groups excluding carboxylic acids is 2. The van der Waals surface area contributed by atoms with Crippen molar-refractivity contribution in [2.45, 2.75) is 9.79 Å². The number of anilines is 2. The minimum atomic E-state index is -0.499. The number of hydrogen-bond acceptors (Lipinski definition) is 4. The van der Waals surface area contributed by atoms with Crippen LogP contribution in [0.1, 0.15) is 10.4 Å². The summed E-state index contributed by atoms with van der Waals surface area (Å²) in [7, 11) is 0. The van der Waals surface area contributed by atoms with Gasteiger partial charge in [-0.05, 0) is 59.0 Å². The molecule has 1 aliphatic heterocycles. The van der Waals surface area contributed by atoms with Gasteiger partial charge in [-0.1, -0.05) is 48.2 Å². The molecule has 27 heavy (non-hydrogen) atoms. The third kappa shape index (κ3) is 3.59. The summed E-state index contributed by atoms with van der Waals surface area (Å²) in [4.78, 5) is 28.9. The zero-order valence-corrected chi connectivity index (χ0v) is 17.1. The minimum Gasteiger partial charge on any atom is -0.452 e. The quantitative estimate of drug-likeness (QED) is 0.373. The van der Waals surface area contributed by atoms with Crippen molar-refractivity contribution < 1.29 is 14.3 Å². The first-order valence-electron chi connectivity index (χ1n) is 8.25. The molecule has 1 aliphatic rings. The lowest BCUT2D eigenvalue weighted by molar-refractivity contribution is -0.121. The smallest absolute Gasteiger partial charge is 0.339 e. The molecule has 0 aliphatic carbocycles. The number of ether oxygens (including phenoxy) is 1. The number of nitrogens with zero attached hydrogens (tertiary/aromatic N) is 1. The molecule has 134 valence electrons. The largest absolute Gasteiger partial charge is 0.452 e. The van der Waals surface area contributed by atoms with Crippen LogP contribution in [0.2, 0.25) is 0 Å². The Hall–Kier alpha value is -2.32. The van der Waals surface area contributed by atoms with Gasteiger partial charge in [0.05, 0.1) is 16.9 Å². The molecule has 0 aromatic heterocycles.